The zero-order chi connectivity index (χ0) is 15.1. The zero-order valence-electron chi connectivity index (χ0n) is 13.1. The largest absolute Gasteiger partial charge is 0.243 e. The second kappa shape index (κ2) is 5.49. The molecule has 3 nitrogen and oxygen atoms in total. The molecule has 1 aliphatic heterocycles. The molecule has 1 fully saturated rings. The van der Waals surface area contributed by atoms with Gasteiger partial charge in [0.2, 0.25) is 10.0 Å². The molecule has 1 aliphatic rings. The quantitative estimate of drug-likeness (QED) is 0.836. The summed E-state index contributed by atoms with van der Waals surface area (Å²) in [4.78, 5) is 0.473. The SMILES string of the molecule is Cc1cc(C)c(S(=O)(=O)N2[C@H](C)CCC[C@@H]2C)cc1C. The van der Waals surface area contributed by atoms with Crippen molar-refractivity contribution in [3.8, 4) is 0 Å². The van der Waals surface area contributed by atoms with Crippen LogP contribution in [-0.4, -0.2) is 24.8 Å². The fourth-order valence-corrected chi connectivity index (χ4v) is 5.37. The van der Waals surface area contributed by atoms with Crippen LogP contribution in [0.25, 0.3) is 0 Å². The van der Waals surface area contributed by atoms with Crippen LogP contribution in [0.1, 0.15) is 49.8 Å². The molecule has 0 N–H and O–H groups in total. The monoisotopic (exact) mass is 295 g/mol. The first-order chi connectivity index (χ1) is 9.25. The summed E-state index contributed by atoms with van der Waals surface area (Å²) in [7, 11) is -3.40. The molecule has 1 aromatic rings. The third-order valence-corrected chi connectivity index (χ3v) is 6.73. The predicted molar refractivity (Wildman–Crippen MR) is 82.5 cm³/mol. The van der Waals surface area contributed by atoms with Crippen molar-refractivity contribution in [2.24, 2.45) is 0 Å². The Morgan fingerprint density at radius 2 is 1.45 bits per heavy atom. The first-order valence-electron chi connectivity index (χ1n) is 7.36. The second-order valence-electron chi connectivity index (χ2n) is 6.17. The van der Waals surface area contributed by atoms with Gasteiger partial charge in [0, 0.05) is 12.1 Å². The smallest absolute Gasteiger partial charge is 0.207 e. The fourth-order valence-electron chi connectivity index (χ4n) is 3.20. The molecule has 2 atom stereocenters. The third kappa shape index (κ3) is 2.63. The van der Waals surface area contributed by atoms with Crippen LogP contribution in [0.5, 0.6) is 0 Å². The maximum absolute atomic E-state index is 13.0. The van der Waals surface area contributed by atoms with Crippen LogP contribution in [0.3, 0.4) is 0 Å². The minimum absolute atomic E-state index is 0.0877. The fraction of sp³-hybridized carbons (Fsp3) is 0.625. The molecule has 1 aromatic carbocycles. The first-order valence-corrected chi connectivity index (χ1v) is 8.80. The van der Waals surface area contributed by atoms with Gasteiger partial charge in [-0.3, -0.25) is 0 Å². The highest BCUT2D eigenvalue weighted by Crippen LogP contribution is 2.31. The Morgan fingerprint density at radius 3 is 2.00 bits per heavy atom. The molecule has 0 aliphatic carbocycles. The normalized spacial score (nSPS) is 24.9. The third-order valence-electron chi connectivity index (χ3n) is 4.46. The van der Waals surface area contributed by atoms with Gasteiger partial charge in [-0.25, -0.2) is 8.42 Å². The molecule has 4 heteroatoms. The Morgan fingerprint density at radius 1 is 0.950 bits per heavy atom. The Labute approximate surface area is 123 Å². The molecule has 0 radical (unpaired) electrons. The van der Waals surface area contributed by atoms with Gasteiger partial charge in [-0.2, -0.15) is 4.31 Å². The summed E-state index contributed by atoms with van der Waals surface area (Å²) in [6, 6.07) is 3.98. The van der Waals surface area contributed by atoms with Crippen molar-refractivity contribution in [3.05, 3.63) is 28.8 Å². The number of sulfonamides is 1. The van der Waals surface area contributed by atoms with E-state index in [1.165, 1.54) is 0 Å². The van der Waals surface area contributed by atoms with Gasteiger partial charge in [0.15, 0.2) is 0 Å². The molecular weight excluding hydrogens is 270 g/mol. The van der Waals surface area contributed by atoms with Gasteiger partial charge in [0.25, 0.3) is 0 Å². The molecule has 2 rings (SSSR count). The Kier molecular flexibility index (Phi) is 4.26. The molecule has 0 spiro atoms. The van der Waals surface area contributed by atoms with E-state index in [1.807, 2.05) is 46.8 Å². The Hall–Kier alpha value is -0.870. The van der Waals surface area contributed by atoms with Crippen LogP contribution in [-0.2, 0) is 10.0 Å². The van der Waals surface area contributed by atoms with Gasteiger partial charge in [-0.15, -0.1) is 0 Å². The lowest BCUT2D eigenvalue weighted by Crippen LogP contribution is -2.47. The van der Waals surface area contributed by atoms with Crippen LogP contribution < -0.4 is 0 Å². The summed E-state index contributed by atoms with van der Waals surface area (Å²) in [5.74, 6) is 0. The van der Waals surface area contributed by atoms with Gasteiger partial charge >= 0.3 is 0 Å². The van der Waals surface area contributed by atoms with Crippen molar-refractivity contribution >= 4 is 10.0 Å². The van der Waals surface area contributed by atoms with Crippen LogP contribution in [0.15, 0.2) is 17.0 Å². The maximum Gasteiger partial charge on any atom is 0.243 e. The summed E-state index contributed by atoms with van der Waals surface area (Å²) in [6.45, 7) is 9.91. The number of rotatable bonds is 2. The van der Waals surface area contributed by atoms with Crippen molar-refractivity contribution < 1.29 is 8.42 Å². The number of benzene rings is 1. The van der Waals surface area contributed by atoms with E-state index in [0.717, 1.165) is 36.0 Å². The van der Waals surface area contributed by atoms with Crippen molar-refractivity contribution in [3.63, 3.8) is 0 Å². The van der Waals surface area contributed by atoms with E-state index in [1.54, 1.807) is 4.31 Å². The number of piperidine rings is 1. The number of aryl methyl sites for hydroxylation is 3. The molecule has 20 heavy (non-hydrogen) atoms. The van der Waals surface area contributed by atoms with E-state index in [4.69, 9.17) is 0 Å². The highest BCUT2D eigenvalue weighted by Gasteiger charge is 2.36. The summed E-state index contributed by atoms with van der Waals surface area (Å²) in [5, 5.41) is 0. The second-order valence-corrected chi connectivity index (χ2v) is 7.98. The van der Waals surface area contributed by atoms with E-state index in [2.05, 4.69) is 0 Å². The molecule has 1 saturated heterocycles. The first kappa shape index (κ1) is 15.5. The van der Waals surface area contributed by atoms with E-state index in [9.17, 15) is 8.42 Å². The van der Waals surface area contributed by atoms with E-state index in [-0.39, 0.29) is 12.1 Å². The van der Waals surface area contributed by atoms with Crippen LogP contribution in [0.4, 0.5) is 0 Å². The average Bonchev–Trinajstić information content (AvgIpc) is 2.33. The summed E-state index contributed by atoms with van der Waals surface area (Å²) < 4.78 is 27.8. The maximum atomic E-state index is 13.0. The molecule has 0 bridgehead atoms. The minimum Gasteiger partial charge on any atom is -0.207 e. The Bertz CT molecular complexity index is 597. The summed E-state index contributed by atoms with van der Waals surface area (Å²) >= 11 is 0. The topological polar surface area (TPSA) is 37.4 Å². The Balaban J connectivity index is 2.52. The van der Waals surface area contributed by atoms with Crippen molar-refractivity contribution in [2.75, 3.05) is 0 Å². The minimum atomic E-state index is -3.40. The molecule has 0 saturated carbocycles. The molecule has 0 unspecified atom stereocenters. The van der Waals surface area contributed by atoms with Gasteiger partial charge in [-0.1, -0.05) is 12.5 Å². The molecular formula is C16H25NO2S. The van der Waals surface area contributed by atoms with Gasteiger partial charge in [0.1, 0.15) is 0 Å². The molecule has 1 heterocycles. The number of nitrogens with zero attached hydrogens (tertiary/aromatic N) is 1. The molecule has 0 aromatic heterocycles. The van der Waals surface area contributed by atoms with Crippen molar-refractivity contribution in [1.29, 1.82) is 0 Å². The molecule has 112 valence electrons. The van der Waals surface area contributed by atoms with Crippen LogP contribution in [0, 0.1) is 20.8 Å². The standard InChI is InChI=1S/C16H25NO2S/c1-11-9-13(3)16(10-12(11)2)20(18,19)17-14(4)7-6-8-15(17)5/h9-10,14-15H,6-8H2,1-5H3/t14-,15+. The van der Waals surface area contributed by atoms with Crippen LogP contribution >= 0.6 is 0 Å². The lowest BCUT2D eigenvalue weighted by Gasteiger charge is -2.38. The van der Waals surface area contributed by atoms with Gasteiger partial charge < -0.3 is 0 Å². The highest BCUT2D eigenvalue weighted by molar-refractivity contribution is 7.89. The van der Waals surface area contributed by atoms with Crippen molar-refractivity contribution in [2.45, 2.75) is 70.9 Å². The van der Waals surface area contributed by atoms with E-state index in [0.29, 0.717) is 4.90 Å². The zero-order valence-corrected chi connectivity index (χ0v) is 13.9. The lowest BCUT2D eigenvalue weighted by molar-refractivity contribution is 0.204. The van der Waals surface area contributed by atoms with E-state index >= 15 is 0 Å². The summed E-state index contributed by atoms with van der Waals surface area (Å²) in [5.41, 5.74) is 3.02. The number of hydrogen-bond acceptors (Lipinski definition) is 2. The molecule has 0 amide bonds. The van der Waals surface area contributed by atoms with Crippen LogP contribution in [0.2, 0.25) is 0 Å². The predicted octanol–water partition coefficient (Wildman–Crippen LogP) is 3.56. The van der Waals surface area contributed by atoms with E-state index < -0.39 is 10.0 Å². The van der Waals surface area contributed by atoms with Gasteiger partial charge in [0.05, 0.1) is 4.90 Å². The lowest BCUT2D eigenvalue weighted by atomic mass is 10.0. The average molecular weight is 295 g/mol. The number of hydrogen-bond donors (Lipinski definition) is 0. The van der Waals surface area contributed by atoms with Gasteiger partial charge in [-0.05, 0) is 70.2 Å². The van der Waals surface area contributed by atoms with Crippen molar-refractivity contribution in [1.82, 2.24) is 4.31 Å². The highest BCUT2D eigenvalue weighted by atomic mass is 32.2. The summed E-state index contributed by atoms with van der Waals surface area (Å²) in [6.07, 6.45) is 3.02.